The van der Waals surface area contributed by atoms with Crippen LogP contribution in [0.25, 0.3) is 0 Å². The largest absolute Gasteiger partial charge is 0.366 e. The van der Waals surface area contributed by atoms with Gasteiger partial charge in [0.25, 0.3) is 0 Å². The van der Waals surface area contributed by atoms with Gasteiger partial charge in [0.15, 0.2) is 0 Å². The van der Waals surface area contributed by atoms with E-state index in [1.807, 2.05) is 30.3 Å². The fourth-order valence-corrected chi connectivity index (χ4v) is 3.23. The van der Waals surface area contributed by atoms with Crippen LogP contribution in [0.1, 0.15) is 28.4 Å². The normalized spacial score (nSPS) is 13.0. The van der Waals surface area contributed by atoms with Crippen molar-refractivity contribution in [3.63, 3.8) is 0 Å². The lowest BCUT2D eigenvalue weighted by molar-refractivity contribution is -0.120. The Morgan fingerprint density at radius 3 is 2.42 bits per heavy atom. The average molecular weight is 344 g/mol. The molecule has 0 unspecified atom stereocenters. The zero-order valence-corrected chi connectivity index (χ0v) is 14.2. The van der Waals surface area contributed by atoms with Crippen molar-refractivity contribution in [2.75, 3.05) is 0 Å². The van der Waals surface area contributed by atoms with Crippen LogP contribution in [-0.4, -0.2) is 21.3 Å². The molecular formula is C18H20N2O3S. The summed E-state index contributed by atoms with van der Waals surface area (Å²) in [5.41, 5.74) is 7.30. The fourth-order valence-electron chi connectivity index (χ4n) is 2.15. The van der Waals surface area contributed by atoms with E-state index in [4.69, 9.17) is 5.73 Å². The maximum absolute atomic E-state index is 12.4. The Balaban J connectivity index is 1.92. The second-order valence-electron chi connectivity index (χ2n) is 5.44. The number of carbonyl (C=O) groups excluding carboxylic acids is 2. The summed E-state index contributed by atoms with van der Waals surface area (Å²) in [5.74, 6) is -0.597. The van der Waals surface area contributed by atoms with Gasteiger partial charge in [-0.1, -0.05) is 42.5 Å². The molecule has 3 N–H and O–H groups in total. The Labute approximate surface area is 143 Å². The van der Waals surface area contributed by atoms with Gasteiger partial charge in [0.2, 0.25) is 11.8 Å². The molecule has 0 spiro atoms. The number of hydrogen-bond donors (Lipinski definition) is 2. The molecule has 2 aromatic rings. The lowest BCUT2D eigenvalue weighted by atomic mass is 10.1. The first-order chi connectivity index (χ1) is 11.5. The van der Waals surface area contributed by atoms with Crippen molar-refractivity contribution in [3.8, 4) is 0 Å². The topological polar surface area (TPSA) is 89.3 Å². The van der Waals surface area contributed by atoms with Crippen molar-refractivity contribution in [2.24, 2.45) is 5.73 Å². The number of hydrogen-bond acceptors (Lipinski definition) is 3. The molecule has 6 heteroatoms. The van der Waals surface area contributed by atoms with E-state index < -0.39 is 22.0 Å². The maximum Gasteiger partial charge on any atom is 0.248 e. The van der Waals surface area contributed by atoms with Gasteiger partial charge in [-0.2, -0.15) is 0 Å². The van der Waals surface area contributed by atoms with Gasteiger partial charge < -0.3 is 11.1 Å². The smallest absolute Gasteiger partial charge is 0.248 e. The highest BCUT2D eigenvalue weighted by atomic mass is 32.2. The lowest BCUT2D eigenvalue weighted by Gasteiger charge is -2.12. The number of rotatable bonds is 7. The summed E-state index contributed by atoms with van der Waals surface area (Å²) in [6, 6.07) is 16.2. The van der Waals surface area contributed by atoms with Crippen LogP contribution in [0.4, 0.5) is 0 Å². The third-order valence-electron chi connectivity index (χ3n) is 3.59. The van der Waals surface area contributed by atoms with E-state index in [9.17, 15) is 13.8 Å². The molecule has 2 amide bonds. The number of primary amides is 1. The zero-order valence-electron chi connectivity index (χ0n) is 13.4. The van der Waals surface area contributed by atoms with Gasteiger partial charge in [0, 0.05) is 28.7 Å². The highest BCUT2D eigenvalue weighted by Gasteiger charge is 2.20. The zero-order chi connectivity index (χ0) is 17.5. The number of benzene rings is 2. The predicted octanol–water partition coefficient (Wildman–Crippen LogP) is 1.74. The fraction of sp³-hybridized carbons (Fsp3) is 0.222. The first kappa shape index (κ1) is 17.9. The van der Waals surface area contributed by atoms with Crippen molar-refractivity contribution in [1.82, 2.24) is 5.32 Å². The highest BCUT2D eigenvalue weighted by molar-refractivity contribution is 7.85. The number of amides is 2. The molecule has 0 fully saturated rings. The van der Waals surface area contributed by atoms with E-state index >= 15 is 0 Å². The molecule has 0 saturated carbocycles. The Morgan fingerprint density at radius 1 is 1.08 bits per heavy atom. The van der Waals surface area contributed by atoms with E-state index in [-0.39, 0.29) is 11.7 Å². The molecule has 0 aliphatic heterocycles. The summed E-state index contributed by atoms with van der Waals surface area (Å²) in [6.07, 6.45) is 0. The molecule has 0 bridgehead atoms. The molecule has 126 valence electrons. The second kappa shape index (κ2) is 8.40. The second-order valence-corrected chi connectivity index (χ2v) is 7.19. The van der Waals surface area contributed by atoms with E-state index in [0.29, 0.717) is 17.7 Å². The molecule has 0 aliphatic carbocycles. The molecule has 0 radical (unpaired) electrons. The number of nitrogens with one attached hydrogen (secondary N) is 1. The molecule has 2 rings (SSSR count). The van der Waals surface area contributed by atoms with Crippen LogP contribution in [-0.2, 0) is 27.9 Å². The minimum atomic E-state index is -1.39. The van der Waals surface area contributed by atoms with E-state index in [1.165, 1.54) is 0 Å². The van der Waals surface area contributed by atoms with Gasteiger partial charge in [0.05, 0.1) is 0 Å². The van der Waals surface area contributed by atoms with Crippen LogP contribution < -0.4 is 11.1 Å². The Bertz CT molecular complexity index is 747. The van der Waals surface area contributed by atoms with E-state index in [1.54, 1.807) is 31.2 Å². The molecule has 0 saturated heterocycles. The highest BCUT2D eigenvalue weighted by Crippen LogP contribution is 2.10. The Kier molecular flexibility index (Phi) is 6.26. The first-order valence-corrected chi connectivity index (χ1v) is 8.93. The molecule has 0 aliphatic rings. The average Bonchev–Trinajstić information content (AvgIpc) is 2.60. The van der Waals surface area contributed by atoms with Crippen molar-refractivity contribution in [2.45, 2.75) is 24.5 Å². The van der Waals surface area contributed by atoms with Gasteiger partial charge >= 0.3 is 0 Å². The van der Waals surface area contributed by atoms with Gasteiger partial charge in [0.1, 0.15) is 5.25 Å². The Morgan fingerprint density at radius 2 is 1.75 bits per heavy atom. The van der Waals surface area contributed by atoms with Crippen molar-refractivity contribution >= 4 is 22.6 Å². The summed E-state index contributed by atoms with van der Waals surface area (Å²) in [7, 11) is -1.39. The minimum absolute atomic E-state index is 0.195. The molecule has 24 heavy (non-hydrogen) atoms. The van der Waals surface area contributed by atoms with Crippen LogP contribution in [0, 0.1) is 0 Å². The molecule has 5 nitrogen and oxygen atoms in total. The molecular weight excluding hydrogens is 324 g/mol. The molecule has 2 atom stereocenters. The summed E-state index contributed by atoms with van der Waals surface area (Å²) < 4.78 is 12.4. The maximum atomic E-state index is 12.4. The summed E-state index contributed by atoms with van der Waals surface area (Å²) in [6.45, 7) is 2.03. The van der Waals surface area contributed by atoms with E-state index in [2.05, 4.69) is 5.32 Å². The summed E-state index contributed by atoms with van der Waals surface area (Å²) in [5, 5.41) is 2.14. The number of nitrogens with two attached hydrogens (primary N) is 1. The van der Waals surface area contributed by atoms with Crippen molar-refractivity contribution < 1.29 is 13.8 Å². The van der Waals surface area contributed by atoms with Crippen LogP contribution >= 0.6 is 0 Å². The van der Waals surface area contributed by atoms with Gasteiger partial charge in [-0.05, 0) is 30.2 Å². The van der Waals surface area contributed by atoms with Gasteiger partial charge in [-0.25, -0.2) is 0 Å². The molecule has 0 heterocycles. The monoisotopic (exact) mass is 344 g/mol. The first-order valence-electron chi connectivity index (χ1n) is 7.55. The third-order valence-corrected chi connectivity index (χ3v) is 5.21. The SMILES string of the molecule is C[C@@H](C(=O)NCc1ccccc1)[S@](=O)Cc1cccc(C(N)=O)c1. The standard InChI is InChI=1S/C18H20N2O3S/c1-13(18(22)20-11-14-6-3-2-4-7-14)24(23)12-15-8-5-9-16(10-15)17(19)21/h2-10,13H,11-12H2,1H3,(H2,19,21)(H,20,22)/t13-,24+/m0/s1. The molecule has 0 aromatic heterocycles. The van der Waals surface area contributed by atoms with Crippen LogP contribution in [0.2, 0.25) is 0 Å². The minimum Gasteiger partial charge on any atom is -0.366 e. The van der Waals surface area contributed by atoms with Gasteiger partial charge in [-0.15, -0.1) is 0 Å². The Hall–Kier alpha value is -2.47. The third kappa shape index (κ3) is 5.03. The van der Waals surface area contributed by atoms with E-state index in [0.717, 1.165) is 5.56 Å². The summed E-state index contributed by atoms with van der Waals surface area (Å²) in [4.78, 5) is 23.3. The molecule has 2 aromatic carbocycles. The quantitative estimate of drug-likeness (QED) is 0.802. The number of carbonyl (C=O) groups is 2. The van der Waals surface area contributed by atoms with Gasteiger partial charge in [-0.3, -0.25) is 13.8 Å². The van der Waals surface area contributed by atoms with Crippen LogP contribution in [0.15, 0.2) is 54.6 Å². The summed E-state index contributed by atoms with van der Waals surface area (Å²) >= 11 is 0. The predicted molar refractivity (Wildman–Crippen MR) is 94.6 cm³/mol. The van der Waals surface area contributed by atoms with Crippen molar-refractivity contribution in [1.29, 1.82) is 0 Å². The lowest BCUT2D eigenvalue weighted by Crippen LogP contribution is -2.35. The van der Waals surface area contributed by atoms with Crippen molar-refractivity contribution in [3.05, 3.63) is 71.3 Å². The van der Waals surface area contributed by atoms with Crippen LogP contribution in [0.5, 0.6) is 0 Å². The van der Waals surface area contributed by atoms with Crippen LogP contribution in [0.3, 0.4) is 0 Å².